The molecule has 0 spiro atoms. The summed E-state index contributed by atoms with van der Waals surface area (Å²) in [5.41, 5.74) is 3.61. The predicted octanol–water partition coefficient (Wildman–Crippen LogP) is 2.80. The Morgan fingerprint density at radius 3 is 2.67 bits per heavy atom. The molecule has 0 aromatic heterocycles. The Bertz CT molecular complexity index is 530. The van der Waals surface area contributed by atoms with Gasteiger partial charge in [0, 0.05) is 19.1 Å². The highest BCUT2D eigenvalue weighted by atomic mass is 19.4. The van der Waals surface area contributed by atoms with Crippen LogP contribution in [0.2, 0.25) is 0 Å². The van der Waals surface area contributed by atoms with Gasteiger partial charge < -0.3 is 10.6 Å². The highest BCUT2D eigenvalue weighted by Gasteiger charge is 2.37. The van der Waals surface area contributed by atoms with Crippen LogP contribution in [-0.2, 0) is 6.18 Å². The van der Waals surface area contributed by atoms with Crippen molar-refractivity contribution in [2.24, 2.45) is 5.73 Å². The lowest BCUT2D eigenvalue weighted by atomic mass is 10.00. The first-order valence-corrected chi connectivity index (χ1v) is 6.73. The first kappa shape index (κ1) is 15.8. The second-order valence-electron chi connectivity index (χ2n) is 5.05. The molecule has 1 aromatic carbocycles. The van der Waals surface area contributed by atoms with Crippen molar-refractivity contribution in [1.29, 1.82) is 0 Å². The Morgan fingerprint density at radius 1 is 1.33 bits per heavy atom. The van der Waals surface area contributed by atoms with Crippen LogP contribution in [0.3, 0.4) is 0 Å². The molecule has 0 radical (unpaired) electrons. The van der Waals surface area contributed by atoms with Gasteiger partial charge in [-0.3, -0.25) is 4.79 Å². The molecule has 7 heteroatoms. The van der Waals surface area contributed by atoms with Gasteiger partial charge >= 0.3 is 6.18 Å². The maximum absolute atomic E-state index is 14.0. The number of piperidine rings is 1. The number of hydrogen-bond donors (Lipinski definition) is 1. The highest BCUT2D eigenvalue weighted by molar-refractivity contribution is 5.95. The quantitative estimate of drug-likeness (QED) is 0.854. The third-order valence-electron chi connectivity index (χ3n) is 3.69. The van der Waals surface area contributed by atoms with Crippen LogP contribution in [0.15, 0.2) is 18.2 Å². The maximum atomic E-state index is 14.0. The largest absolute Gasteiger partial charge is 0.419 e. The number of halogens is 4. The molecule has 0 saturated carbocycles. The van der Waals surface area contributed by atoms with Gasteiger partial charge in [0.2, 0.25) is 0 Å². The van der Waals surface area contributed by atoms with Gasteiger partial charge in [-0.25, -0.2) is 4.39 Å². The van der Waals surface area contributed by atoms with E-state index < -0.39 is 29.0 Å². The Kier molecular flexibility index (Phi) is 4.51. The van der Waals surface area contributed by atoms with E-state index in [1.54, 1.807) is 0 Å². The normalized spacial score (nSPS) is 19.7. The molecule has 1 aliphatic heterocycles. The zero-order chi connectivity index (χ0) is 15.6. The molecule has 116 valence electrons. The van der Waals surface area contributed by atoms with Gasteiger partial charge in [-0.1, -0.05) is 6.07 Å². The predicted molar refractivity (Wildman–Crippen MR) is 69.1 cm³/mol. The first-order valence-electron chi connectivity index (χ1n) is 6.73. The van der Waals surface area contributed by atoms with Crippen LogP contribution in [-0.4, -0.2) is 29.9 Å². The number of alkyl halides is 3. The molecule has 1 aliphatic rings. The van der Waals surface area contributed by atoms with Crippen LogP contribution >= 0.6 is 0 Å². The molecule has 1 saturated heterocycles. The van der Waals surface area contributed by atoms with E-state index in [-0.39, 0.29) is 12.6 Å². The number of rotatable bonds is 2. The van der Waals surface area contributed by atoms with Crippen LogP contribution < -0.4 is 5.73 Å². The fraction of sp³-hybridized carbons (Fsp3) is 0.500. The highest BCUT2D eigenvalue weighted by Crippen LogP contribution is 2.33. The topological polar surface area (TPSA) is 46.3 Å². The number of amides is 1. The number of carbonyl (C=O) groups is 1. The van der Waals surface area contributed by atoms with Crippen LogP contribution in [0.5, 0.6) is 0 Å². The summed E-state index contributed by atoms with van der Waals surface area (Å²) in [6.45, 7) is 0.600. The van der Waals surface area contributed by atoms with Crippen molar-refractivity contribution >= 4 is 5.91 Å². The Morgan fingerprint density at radius 2 is 2.05 bits per heavy atom. The number of nitrogens with two attached hydrogens (primary N) is 1. The van der Waals surface area contributed by atoms with Gasteiger partial charge in [0.15, 0.2) is 0 Å². The summed E-state index contributed by atoms with van der Waals surface area (Å²) in [5, 5.41) is 0. The van der Waals surface area contributed by atoms with Crippen molar-refractivity contribution in [2.75, 3.05) is 13.1 Å². The molecule has 2 rings (SSSR count). The number of nitrogens with zero attached hydrogens (tertiary/aromatic N) is 1. The summed E-state index contributed by atoms with van der Waals surface area (Å²) in [6.07, 6.45) is -2.50. The zero-order valence-electron chi connectivity index (χ0n) is 11.3. The lowest BCUT2D eigenvalue weighted by molar-refractivity contribution is -0.140. The molecule has 1 fully saturated rings. The summed E-state index contributed by atoms with van der Waals surface area (Å²) in [7, 11) is 0. The minimum absolute atomic E-state index is 0.215. The van der Waals surface area contributed by atoms with E-state index in [0.717, 1.165) is 25.0 Å². The van der Waals surface area contributed by atoms with Crippen LogP contribution in [0.25, 0.3) is 0 Å². The summed E-state index contributed by atoms with van der Waals surface area (Å²) in [4.78, 5) is 13.7. The molecule has 1 atom stereocenters. The van der Waals surface area contributed by atoms with Crippen molar-refractivity contribution in [3.63, 3.8) is 0 Å². The third kappa shape index (κ3) is 3.18. The standard InChI is InChI=1S/C14H16F4N2O/c15-12-10(5-3-6-11(12)14(16,17)18)13(21)20-7-2-1-4-9(20)8-19/h3,5-6,9H,1-2,4,7-8,19H2. The van der Waals surface area contributed by atoms with Crippen LogP contribution in [0.4, 0.5) is 17.6 Å². The maximum Gasteiger partial charge on any atom is 0.419 e. The molecular formula is C14H16F4N2O. The number of likely N-dealkylation sites (tertiary alicyclic amines) is 1. The van der Waals surface area contributed by atoms with Gasteiger partial charge in [0.1, 0.15) is 5.82 Å². The van der Waals surface area contributed by atoms with E-state index in [0.29, 0.717) is 19.0 Å². The Hall–Kier alpha value is -1.63. The van der Waals surface area contributed by atoms with Gasteiger partial charge in [0.05, 0.1) is 11.1 Å². The second-order valence-corrected chi connectivity index (χ2v) is 5.05. The summed E-state index contributed by atoms with van der Waals surface area (Å²) in [6, 6.07) is 2.50. The number of hydrogen-bond acceptors (Lipinski definition) is 2. The summed E-state index contributed by atoms with van der Waals surface area (Å²) in [5.74, 6) is -2.25. The average Bonchev–Trinajstić information content (AvgIpc) is 2.45. The fourth-order valence-corrected chi connectivity index (χ4v) is 2.58. The van der Waals surface area contributed by atoms with Crippen molar-refractivity contribution < 1.29 is 22.4 Å². The van der Waals surface area contributed by atoms with E-state index in [9.17, 15) is 22.4 Å². The molecule has 1 heterocycles. The molecule has 1 amide bonds. The summed E-state index contributed by atoms with van der Waals surface area (Å²) >= 11 is 0. The van der Waals surface area contributed by atoms with Crippen molar-refractivity contribution in [3.05, 3.63) is 35.1 Å². The third-order valence-corrected chi connectivity index (χ3v) is 3.69. The minimum Gasteiger partial charge on any atom is -0.334 e. The molecule has 21 heavy (non-hydrogen) atoms. The number of carbonyl (C=O) groups excluding carboxylic acids is 1. The smallest absolute Gasteiger partial charge is 0.334 e. The minimum atomic E-state index is -4.82. The lowest BCUT2D eigenvalue weighted by Crippen LogP contribution is -2.47. The van der Waals surface area contributed by atoms with Crippen molar-refractivity contribution in [2.45, 2.75) is 31.5 Å². The molecule has 2 N–H and O–H groups in total. The van der Waals surface area contributed by atoms with Crippen LogP contribution in [0, 0.1) is 5.82 Å². The zero-order valence-corrected chi connectivity index (χ0v) is 11.3. The first-order chi connectivity index (χ1) is 9.86. The fourth-order valence-electron chi connectivity index (χ4n) is 2.58. The number of benzene rings is 1. The SMILES string of the molecule is NCC1CCCCN1C(=O)c1cccc(C(F)(F)F)c1F. The van der Waals surface area contributed by atoms with E-state index >= 15 is 0 Å². The average molecular weight is 304 g/mol. The van der Waals surface area contributed by atoms with Gasteiger partial charge in [-0.05, 0) is 31.4 Å². The van der Waals surface area contributed by atoms with E-state index in [2.05, 4.69) is 0 Å². The molecule has 1 unspecified atom stereocenters. The molecule has 3 nitrogen and oxygen atoms in total. The van der Waals surface area contributed by atoms with E-state index in [1.165, 1.54) is 4.90 Å². The monoisotopic (exact) mass is 304 g/mol. The second kappa shape index (κ2) is 6.01. The van der Waals surface area contributed by atoms with Crippen LogP contribution in [0.1, 0.15) is 35.2 Å². The van der Waals surface area contributed by atoms with Gasteiger partial charge in [-0.2, -0.15) is 13.2 Å². The Balaban J connectivity index is 2.35. The molecular weight excluding hydrogens is 288 g/mol. The van der Waals surface area contributed by atoms with E-state index in [1.807, 2.05) is 0 Å². The molecule has 0 bridgehead atoms. The molecule has 1 aromatic rings. The molecule has 0 aliphatic carbocycles. The Labute approximate surface area is 119 Å². The van der Waals surface area contributed by atoms with Gasteiger partial charge in [0.25, 0.3) is 5.91 Å². The van der Waals surface area contributed by atoms with Crippen molar-refractivity contribution in [3.8, 4) is 0 Å². The lowest BCUT2D eigenvalue weighted by Gasteiger charge is -2.35. The van der Waals surface area contributed by atoms with E-state index in [4.69, 9.17) is 5.73 Å². The summed E-state index contributed by atoms with van der Waals surface area (Å²) < 4.78 is 52.1. The van der Waals surface area contributed by atoms with Gasteiger partial charge in [-0.15, -0.1) is 0 Å². The van der Waals surface area contributed by atoms with Crippen molar-refractivity contribution in [1.82, 2.24) is 4.90 Å².